The van der Waals surface area contributed by atoms with Crippen molar-refractivity contribution >= 4 is 33.2 Å². The van der Waals surface area contributed by atoms with Gasteiger partial charge >= 0.3 is 6.03 Å². The average molecular weight is 305 g/mol. The van der Waals surface area contributed by atoms with E-state index >= 15 is 0 Å². The fourth-order valence-electron chi connectivity index (χ4n) is 1.53. The molecule has 0 unspecified atom stereocenters. The van der Waals surface area contributed by atoms with Crippen LogP contribution in [-0.2, 0) is 9.84 Å². The molecule has 0 saturated heterocycles. The van der Waals surface area contributed by atoms with Gasteiger partial charge in [-0.3, -0.25) is 0 Å². The number of amides is 2. The van der Waals surface area contributed by atoms with Crippen molar-refractivity contribution < 1.29 is 13.2 Å². The van der Waals surface area contributed by atoms with Crippen LogP contribution in [0, 0.1) is 0 Å². The van der Waals surface area contributed by atoms with E-state index in [1.165, 1.54) is 12.1 Å². The van der Waals surface area contributed by atoms with Crippen LogP contribution in [0.15, 0.2) is 23.1 Å². The molecule has 5 nitrogen and oxygen atoms in total. The zero-order valence-corrected chi connectivity index (χ0v) is 12.4. The predicted octanol–water partition coefficient (Wildman–Crippen LogP) is 2.67. The van der Waals surface area contributed by atoms with E-state index in [1.54, 1.807) is 6.07 Å². The summed E-state index contributed by atoms with van der Waals surface area (Å²) in [6, 6.07) is 4.11. The summed E-state index contributed by atoms with van der Waals surface area (Å²) in [5, 5.41) is 5.24. The number of unbranched alkanes of at least 4 members (excludes halogenated alkanes) is 1. The fraction of sp³-hybridized carbons (Fsp3) is 0.417. The number of carbonyl (C=O) groups excluding carboxylic acids is 1. The van der Waals surface area contributed by atoms with Crippen LogP contribution in [0.1, 0.15) is 19.8 Å². The fourth-order valence-corrected chi connectivity index (χ4v) is 3.07. The molecule has 2 amide bonds. The van der Waals surface area contributed by atoms with E-state index in [0.717, 1.165) is 19.1 Å². The van der Waals surface area contributed by atoms with Gasteiger partial charge in [0.05, 0.1) is 10.7 Å². The molecule has 0 atom stereocenters. The van der Waals surface area contributed by atoms with E-state index < -0.39 is 15.9 Å². The van der Waals surface area contributed by atoms with E-state index in [4.69, 9.17) is 11.6 Å². The first-order valence-corrected chi connectivity index (χ1v) is 8.16. The smallest absolute Gasteiger partial charge is 0.319 e. The van der Waals surface area contributed by atoms with Crippen LogP contribution >= 0.6 is 11.6 Å². The molecular weight excluding hydrogens is 288 g/mol. The lowest BCUT2D eigenvalue weighted by Crippen LogP contribution is -2.30. The first kappa shape index (κ1) is 15.8. The molecule has 19 heavy (non-hydrogen) atoms. The summed E-state index contributed by atoms with van der Waals surface area (Å²) < 4.78 is 23.3. The molecular formula is C12H17ClN2O3S. The molecule has 2 N–H and O–H groups in total. The van der Waals surface area contributed by atoms with Crippen LogP contribution in [0.5, 0.6) is 0 Å². The van der Waals surface area contributed by atoms with Gasteiger partial charge in [0.1, 0.15) is 4.90 Å². The zero-order valence-electron chi connectivity index (χ0n) is 10.9. The number of urea groups is 1. The highest BCUT2D eigenvalue weighted by atomic mass is 35.5. The minimum atomic E-state index is -3.51. The van der Waals surface area contributed by atoms with E-state index in [1.807, 2.05) is 6.92 Å². The van der Waals surface area contributed by atoms with Gasteiger partial charge in [0.25, 0.3) is 0 Å². The Morgan fingerprint density at radius 3 is 2.63 bits per heavy atom. The summed E-state index contributed by atoms with van der Waals surface area (Å²) in [5.74, 6) is 0. The Morgan fingerprint density at radius 1 is 1.37 bits per heavy atom. The maximum absolute atomic E-state index is 11.7. The quantitative estimate of drug-likeness (QED) is 0.821. The van der Waals surface area contributed by atoms with Crippen molar-refractivity contribution in [2.75, 3.05) is 18.1 Å². The Balaban J connectivity index is 2.90. The normalized spacial score (nSPS) is 11.1. The molecule has 0 aromatic heterocycles. The van der Waals surface area contributed by atoms with Crippen LogP contribution in [0.25, 0.3) is 0 Å². The summed E-state index contributed by atoms with van der Waals surface area (Å²) in [7, 11) is -3.51. The summed E-state index contributed by atoms with van der Waals surface area (Å²) >= 11 is 5.87. The first-order valence-electron chi connectivity index (χ1n) is 5.89. The van der Waals surface area contributed by atoms with Crippen molar-refractivity contribution in [3.63, 3.8) is 0 Å². The summed E-state index contributed by atoms with van der Waals surface area (Å²) in [4.78, 5) is 11.6. The third kappa shape index (κ3) is 4.72. The molecule has 1 aromatic rings. The van der Waals surface area contributed by atoms with Gasteiger partial charge in [0.15, 0.2) is 9.84 Å². The second kappa shape index (κ2) is 6.77. The van der Waals surface area contributed by atoms with Crippen molar-refractivity contribution in [3.05, 3.63) is 23.2 Å². The van der Waals surface area contributed by atoms with E-state index in [9.17, 15) is 13.2 Å². The third-order valence-corrected chi connectivity index (χ3v) is 4.01. The van der Waals surface area contributed by atoms with Crippen LogP contribution in [0.2, 0.25) is 5.02 Å². The Hall–Kier alpha value is -1.27. The zero-order chi connectivity index (χ0) is 14.5. The van der Waals surface area contributed by atoms with Gasteiger partial charge in [0.2, 0.25) is 0 Å². The number of hydrogen-bond acceptors (Lipinski definition) is 3. The maximum atomic E-state index is 11.7. The van der Waals surface area contributed by atoms with Crippen molar-refractivity contribution in [2.24, 2.45) is 0 Å². The van der Waals surface area contributed by atoms with Gasteiger partial charge in [-0.05, 0) is 18.6 Å². The largest absolute Gasteiger partial charge is 0.338 e. The lowest BCUT2D eigenvalue weighted by atomic mass is 10.3. The molecule has 0 aliphatic carbocycles. The third-order valence-electron chi connectivity index (χ3n) is 2.40. The standard InChI is InChI=1S/C12H17ClN2O3S/c1-3-4-8-14-12(16)15-10-7-5-6-9(13)11(10)19(2,17)18/h5-7H,3-4,8H2,1-2H3,(H2,14,15,16). The lowest BCUT2D eigenvalue weighted by Gasteiger charge is -2.11. The van der Waals surface area contributed by atoms with Crippen LogP contribution in [0.3, 0.4) is 0 Å². The monoisotopic (exact) mass is 304 g/mol. The molecule has 7 heteroatoms. The van der Waals surface area contributed by atoms with Gasteiger partial charge in [-0.15, -0.1) is 0 Å². The van der Waals surface area contributed by atoms with Gasteiger partial charge < -0.3 is 10.6 Å². The van der Waals surface area contributed by atoms with E-state index in [-0.39, 0.29) is 15.6 Å². The number of rotatable bonds is 5. The van der Waals surface area contributed by atoms with Crippen LogP contribution < -0.4 is 10.6 Å². The van der Waals surface area contributed by atoms with Crippen LogP contribution in [0.4, 0.5) is 10.5 Å². The molecule has 0 aliphatic rings. The Morgan fingerprint density at radius 2 is 2.05 bits per heavy atom. The number of carbonyl (C=O) groups is 1. The number of benzene rings is 1. The molecule has 0 aliphatic heterocycles. The molecule has 1 rings (SSSR count). The topological polar surface area (TPSA) is 75.3 Å². The maximum Gasteiger partial charge on any atom is 0.319 e. The van der Waals surface area contributed by atoms with E-state index in [2.05, 4.69) is 10.6 Å². The molecule has 0 spiro atoms. The van der Waals surface area contributed by atoms with Gasteiger partial charge in [-0.25, -0.2) is 13.2 Å². The highest BCUT2D eigenvalue weighted by molar-refractivity contribution is 7.91. The molecule has 1 aromatic carbocycles. The number of anilines is 1. The van der Waals surface area contributed by atoms with Crippen molar-refractivity contribution in [3.8, 4) is 0 Å². The number of halogens is 1. The number of sulfone groups is 1. The second-order valence-electron chi connectivity index (χ2n) is 4.12. The van der Waals surface area contributed by atoms with Gasteiger partial charge in [-0.2, -0.15) is 0 Å². The SMILES string of the molecule is CCCCNC(=O)Nc1cccc(Cl)c1S(C)(=O)=O. The summed E-state index contributed by atoms with van der Waals surface area (Å²) in [6.07, 6.45) is 2.88. The Bertz CT molecular complexity index is 558. The molecule has 0 fully saturated rings. The van der Waals surface area contributed by atoms with Gasteiger partial charge in [-0.1, -0.05) is 31.0 Å². The summed E-state index contributed by atoms with van der Waals surface area (Å²) in [5.41, 5.74) is 0.184. The number of nitrogens with one attached hydrogen (secondary N) is 2. The van der Waals surface area contributed by atoms with E-state index in [0.29, 0.717) is 6.54 Å². The average Bonchev–Trinajstić information content (AvgIpc) is 2.27. The highest BCUT2D eigenvalue weighted by Gasteiger charge is 2.18. The second-order valence-corrected chi connectivity index (χ2v) is 6.48. The molecule has 0 heterocycles. The highest BCUT2D eigenvalue weighted by Crippen LogP contribution is 2.28. The van der Waals surface area contributed by atoms with Crippen LogP contribution in [-0.4, -0.2) is 27.2 Å². The van der Waals surface area contributed by atoms with Crippen molar-refractivity contribution in [2.45, 2.75) is 24.7 Å². The first-order chi connectivity index (χ1) is 8.86. The lowest BCUT2D eigenvalue weighted by molar-refractivity contribution is 0.252. The number of hydrogen-bond donors (Lipinski definition) is 2. The molecule has 0 radical (unpaired) electrons. The van der Waals surface area contributed by atoms with Crippen molar-refractivity contribution in [1.82, 2.24) is 5.32 Å². The summed E-state index contributed by atoms with van der Waals surface area (Å²) in [6.45, 7) is 2.55. The Kier molecular flexibility index (Phi) is 5.62. The molecule has 106 valence electrons. The Labute approximate surface area is 118 Å². The molecule has 0 saturated carbocycles. The minimum absolute atomic E-state index is 0.0673. The van der Waals surface area contributed by atoms with Crippen molar-refractivity contribution in [1.29, 1.82) is 0 Å². The molecule has 0 bridgehead atoms. The predicted molar refractivity (Wildman–Crippen MR) is 76.5 cm³/mol. The van der Waals surface area contributed by atoms with Gasteiger partial charge in [0, 0.05) is 12.8 Å². The minimum Gasteiger partial charge on any atom is -0.338 e.